The van der Waals surface area contributed by atoms with Crippen LogP contribution < -0.4 is 5.32 Å². The number of carboxylic acids is 1. The molecule has 0 bridgehead atoms. The van der Waals surface area contributed by atoms with Gasteiger partial charge in [-0.25, -0.2) is 4.98 Å². The molecular formula is C32H45N3O4. The molecule has 1 aromatic heterocycles. The molecular weight excluding hydrogens is 490 g/mol. The van der Waals surface area contributed by atoms with Crippen molar-refractivity contribution in [1.29, 1.82) is 0 Å². The molecule has 0 radical (unpaired) electrons. The largest absolute Gasteiger partial charge is 0.480 e. The minimum atomic E-state index is -0.794. The van der Waals surface area contributed by atoms with E-state index < -0.39 is 12.0 Å². The van der Waals surface area contributed by atoms with E-state index in [-0.39, 0.29) is 23.5 Å². The maximum Gasteiger partial charge on any atom is 0.325 e. The predicted octanol–water partition coefficient (Wildman–Crippen LogP) is 5.73. The summed E-state index contributed by atoms with van der Waals surface area (Å²) in [5.74, 6) is 0.457. The van der Waals surface area contributed by atoms with Crippen molar-refractivity contribution < 1.29 is 19.4 Å². The van der Waals surface area contributed by atoms with E-state index in [1.807, 2.05) is 19.2 Å². The highest BCUT2D eigenvalue weighted by atomic mass is 16.5. The zero-order valence-electron chi connectivity index (χ0n) is 24.0. The minimum absolute atomic E-state index is 0.00898. The van der Waals surface area contributed by atoms with Gasteiger partial charge in [-0.1, -0.05) is 45.0 Å². The smallest absolute Gasteiger partial charge is 0.325 e. The van der Waals surface area contributed by atoms with Gasteiger partial charge in [0.05, 0.1) is 19.3 Å². The highest BCUT2D eigenvalue weighted by Gasteiger charge is 2.45. The standard InChI is InChI=1S/C32H45N3O4/c1-21-19-38-20-23-9-7-12-26(28(21)23)29(31(36)37)35(4)25-17-27(32(2,3)18-25)39-16-6-5-11-24-14-13-22-10-8-15-33-30(22)34-24/h7,9,12-14,21,25,27,29H,5-6,8,10-11,15-20H2,1-4H3,(H,33,34)(H,36,37)/t21-,25?,27?,29?/m1/s1. The van der Waals surface area contributed by atoms with Crippen LogP contribution in [0.2, 0.25) is 0 Å². The van der Waals surface area contributed by atoms with Crippen LogP contribution in [0, 0.1) is 5.41 Å². The molecule has 2 N–H and O–H groups in total. The van der Waals surface area contributed by atoms with Crippen molar-refractivity contribution in [3.8, 4) is 0 Å². The normalized spacial score (nSPS) is 24.6. The Kier molecular flexibility index (Phi) is 8.60. The average Bonchev–Trinajstić information content (AvgIpc) is 3.22. The Labute approximate surface area is 233 Å². The number of benzene rings is 1. The van der Waals surface area contributed by atoms with E-state index in [9.17, 15) is 9.90 Å². The lowest BCUT2D eigenvalue weighted by molar-refractivity contribution is -0.144. The Balaban J connectivity index is 1.17. The number of hydrogen-bond acceptors (Lipinski definition) is 6. The van der Waals surface area contributed by atoms with Crippen LogP contribution in [0.15, 0.2) is 30.3 Å². The highest BCUT2D eigenvalue weighted by Crippen LogP contribution is 2.44. The van der Waals surface area contributed by atoms with E-state index >= 15 is 0 Å². The molecule has 1 aliphatic carbocycles. The van der Waals surface area contributed by atoms with Crippen molar-refractivity contribution in [3.05, 3.63) is 58.3 Å². The number of hydrogen-bond donors (Lipinski definition) is 2. The fourth-order valence-electron chi connectivity index (χ4n) is 6.90. The maximum atomic E-state index is 12.7. The lowest BCUT2D eigenvalue weighted by atomic mass is 9.85. The van der Waals surface area contributed by atoms with Crippen molar-refractivity contribution in [3.63, 3.8) is 0 Å². The summed E-state index contributed by atoms with van der Waals surface area (Å²) in [6.07, 6.45) is 7.17. The third-order valence-electron chi connectivity index (χ3n) is 9.08. The van der Waals surface area contributed by atoms with E-state index in [1.54, 1.807) is 0 Å². The van der Waals surface area contributed by atoms with Gasteiger partial charge in [-0.3, -0.25) is 9.69 Å². The van der Waals surface area contributed by atoms with Crippen LogP contribution in [0.1, 0.15) is 92.8 Å². The molecule has 0 saturated heterocycles. The first-order chi connectivity index (χ1) is 18.7. The predicted molar refractivity (Wildman–Crippen MR) is 153 cm³/mol. The number of rotatable bonds is 10. The van der Waals surface area contributed by atoms with Crippen molar-refractivity contribution in [2.24, 2.45) is 5.41 Å². The maximum absolute atomic E-state index is 12.7. The molecule has 7 nitrogen and oxygen atoms in total. The first kappa shape index (κ1) is 28.1. The molecule has 212 valence electrons. The molecule has 2 aliphatic heterocycles. The number of carboxylic acid groups (broad SMARTS) is 1. The van der Waals surface area contributed by atoms with Crippen molar-refractivity contribution in [2.45, 2.75) is 96.4 Å². The summed E-state index contributed by atoms with van der Waals surface area (Å²) >= 11 is 0. The third-order valence-corrected chi connectivity index (χ3v) is 9.08. The summed E-state index contributed by atoms with van der Waals surface area (Å²) in [5, 5.41) is 13.8. The number of aliphatic carboxylic acids is 1. The number of pyridine rings is 1. The first-order valence-corrected chi connectivity index (χ1v) is 14.7. The number of likely N-dealkylation sites (N-methyl/N-ethyl adjacent to an activating group) is 1. The van der Waals surface area contributed by atoms with Crippen LogP contribution in [-0.2, 0) is 33.7 Å². The summed E-state index contributed by atoms with van der Waals surface area (Å²) in [5.41, 5.74) is 5.64. The summed E-state index contributed by atoms with van der Waals surface area (Å²) < 4.78 is 12.2. The number of carbonyl (C=O) groups is 1. The number of aryl methyl sites for hydroxylation is 2. The molecule has 4 atom stereocenters. The van der Waals surface area contributed by atoms with Crippen LogP contribution in [0.25, 0.3) is 0 Å². The summed E-state index contributed by atoms with van der Waals surface area (Å²) in [6.45, 7) is 9.56. The van der Waals surface area contributed by atoms with Crippen LogP contribution in [0.5, 0.6) is 0 Å². The molecule has 39 heavy (non-hydrogen) atoms. The third kappa shape index (κ3) is 6.16. The minimum Gasteiger partial charge on any atom is -0.480 e. The van der Waals surface area contributed by atoms with E-state index in [0.717, 1.165) is 79.9 Å². The first-order valence-electron chi connectivity index (χ1n) is 14.7. The molecule has 7 heteroatoms. The van der Waals surface area contributed by atoms with Gasteiger partial charge in [0.25, 0.3) is 0 Å². The summed E-state index contributed by atoms with van der Waals surface area (Å²) in [4.78, 5) is 19.6. The lowest BCUT2D eigenvalue weighted by Crippen LogP contribution is -2.39. The Bertz CT molecular complexity index is 1170. The highest BCUT2D eigenvalue weighted by molar-refractivity contribution is 5.76. The van der Waals surface area contributed by atoms with Crippen LogP contribution in [-0.4, -0.2) is 59.9 Å². The molecule has 5 rings (SSSR count). The van der Waals surface area contributed by atoms with Crippen molar-refractivity contribution in [2.75, 3.05) is 32.1 Å². The Morgan fingerprint density at radius 1 is 1.26 bits per heavy atom. The number of nitrogens with zero attached hydrogens (tertiary/aromatic N) is 2. The van der Waals surface area contributed by atoms with Crippen molar-refractivity contribution >= 4 is 11.8 Å². The van der Waals surface area contributed by atoms with Gasteiger partial charge in [-0.15, -0.1) is 0 Å². The number of ether oxygens (including phenoxy) is 2. The van der Waals surface area contributed by atoms with Crippen molar-refractivity contribution in [1.82, 2.24) is 9.88 Å². The molecule has 1 aromatic carbocycles. The Morgan fingerprint density at radius 2 is 2.10 bits per heavy atom. The molecule has 0 amide bonds. The second-order valence-electron chi connectivity index (χ2n) is 12.5. The average molecular weight is 536 g/mol. The van der Waals surface area contributed by atoms with E-state index in [1.165, 1.54) is 12.0 Å². The van der Waals surface area contributed by atoms with E-state index in [4.69, 9.17) is 14.5 Å². The van der Waals surface area contributed by atoms with E-state index in [2.05, 4.69) is 49.2 Å². The van der Waals surface area contributed by atoms with Gasteiger partial charge in [0, 0.05) is 30.8 Å². The zero-order chi connectivity index (χ0) is 27.6. The van der Waals surface area contributed by atoms with Gasteiger partial charge in [0.2, 0.25) is 0 Å². The van der Waals surface area contributed by atoms with Gasteiger partial charge in [-0.05, 0) is 85.7 Å². The second kappa shape index (κ2) is 11.9. The fraction of sp³-hybridized carbons (Fsp3) is 0.625. The van der Waals surface area contributed by atoms with Crippen LogP contribution >= 0.6 is 0 Å². The van der Waals surface area contributed by atoms with Gasteiger partial charge in [-0.2, -0.15) is 0 Å². The number of fused-ring (bicyclic) bond motifs is 2. The number of unbranched alkanes of at least 4 members (excludes halogenated alkanes) is 1. The molecule has 1 fully saturated rings. The quantitative estimate of drug-likeness (QED) is 0.376. The molecule has 2 aromatic rings. The van der Waals surface area contributed by atoms with Crippen LogP contribution in [0.3, 0.4) is 0 Å². The number of aromatic nitrogens is 1. The molecule has 0 spiro atoms. The summed E-state index contributed by atoms with van der Waals surface area (Å²) in [6, 6.07) is 9.89. The molecule has 3 unspecified atom stereocenters. The lowest BCUT2D eigenvalue weighted by Gasteiger charge is -2.35. The molecule has 1 saturated carbocycles. The zero-order valence-corrected chi connectivity index (χ0v) is 24.0. The second-order valence-corrected chi connectivity index (χ2v) is 12.5. The summed E-state index contributed by atoms with van der Waals surface area (Å²) in [7, 11) is 1.98. The van der Waals surface area contributed by atoms with Gasteiger partial charge >= 0.3 is 5.97 Å². The Morgan fingerprint density at radius 3 is 2.92 bits per heavy atom. The topological polar surface area (TPSA) is 83.9 Å². The molecule has 3 aliphatic rings. The van der Waals surface area contributed by atoms with Gasteiger partial charge in [0.15, 0.2) is 0 Å². The monoisotopic (exact) mass is 535 g/mol. The van der Waals surface area contributed by atoms with Gasteiger partial charge in [0.1, 0.15) is 11.9 Å². The molecule has 3 heterocycles. The Hall–Kier alpha value is -2.48. The van der Waals surface area contributed by atoms with E-state index in [0.29, 0.717) is 13.2 Å². The van der Waals surface area contributed by atoms with Crippen LogP contribution in [0.4, 0.5) is 5.82 Å². The fourth-order valence-corrected chi connectivity index (χ4v) is 6.90. The number of nitrogens with one attached hydrogen (secondary N) is 1. The van der Waals surface area contributed by atoms with Gasteiger partial charge < -0.3 is 19.9 Å². The SMILES string of the molecule is C[C@@H]1COCc2cccc(C(C(=O)O)N(C)C3CC(OCCCCc4ccc5c(n4)NCCC5)C(C)(C)C3)c21. The number of anilines is 1.